The van der Waals surface area contributed by atoms with Crippen LogP contribution in [0.4, 0.5) is 34.1 Å². The van der Waals surface area contributed by atoms with Gasteiger partial charge >= 0.3 is 0 Å². The summed E-state index contributed by atoms with van der Waals surface area (Å²) in [5.74, 6) is 0. The lowest BCUT2D eigenvalue weighted by atomic mass is 9.86. The van der Waals surface area contributed by atoms with E-state index in [0.717, 1.165) is 34.1 Å². The molecule has 0 aliphatic carbocycles. The quantitative estimate of drug-likeness (QED) is 0.157. The molecule has 0 heterocycles. The molecule has 0 fully saturated rings. The van der Waals surface area contributed by atoms with Gasteiger partial charge in [-0.25, -0.2) is 0 Å². The minimum atomic E-state index is 1.12. The molecule has 0 bridgehead atoms. The number of hydrogen-bond donors (Lipinski definition) is 0. The Hall–Kier alpha value is -6.90. The number of anilines is 6. The number of hydrogen-bond acceptors (Lipinski definition) is 2. The molecule has 0 radical (unpaired) electrons. The Bertz CT molecular complexity index is 2750. The van der Waals surface area contributed by atoms with Gasteiger partial charge in [-0.05, 0) is 98.7 Å². The number of fused-ring (bicyclic) bond motifs is 1. The lowest BCUT2D eigenvalue weighted by molar-refractivity contribution is 1.30. The van der Waals surface area contributed by atoms with Gasteiger partial charge in [-0.2, -0.15) is 0 Å². The Morgan fingerprint density at radius 1 is 0.250 bits per heavy atom. The molecule has 0 saturated carbocycles. The van der Waals surface area contributed by atoms with E-state index in [1.54, 1.807) is 0 Å². The molecule has 2 heteroatoms. The number of benzene rings is 10. The summed E-state index contributed by atoms with van der Waals surface area (Å²) < 4.78 is 0. The van der Waals surface area contributed by atoms with Gasteiger partial charge < -0.3 is 9.80 Å². The topological polar surface area (TPSA) is 6.48 Å². The monoisotopic (exact) mass is 662 g/mol. The minimum absolute atomic E-state index is 1.12. The van der Waals surface area contributed by atoms with Crippen LogP contribution in [0.1, 0.15) is 0 Å². The predicted octanol–water partition coefficient (Wildman–Crippen LogP) is 14.3. The Morgan fingerprint density at radius 3 is 1.33 bits per heavy atom. The third-order valence-corrected chi connectivity index (χ3v) is 10.4. The van der Waals surface area contributed by atoms with Crippen LogP contribution in [0.25, 0.3) is 54.2 Å². The maximum atomic E-state index is 2.42. The fourth-order valence-electron chi connectivity index (χ4n) is 8.09. The highest BCUT2D eigenvalue weighted by Gasteiger charge is 2.24. The van der Waals surface area contributed by atoms with E-state index in [9.17, 15) is 0 Å². The molecule has 0 aromatic heterocycles. The summed E-state index contributed by atoms with van der Waals surface area (Å²) >= 11 is 0. The zero-order chi connectivity index (χ0) is 34.4. The molecule has 10 aromatic carbocycles. The van der Waals surface area contributed by atoms with Gasteiger partial charge in [0.2, 0.25) is 0 Å². The fraction of sp³-hybridized carbons (Fsp3) is 0. The van der Waals surface area contributed by atoms with Crippen LogP contribution in [0.2, 0.25) is 0 Å². The van der Waals surface area contributed by atoms with Crippen LogP contribution in [0.5, 0.6) is 0 Å². The molecule has 2 nitrogen and oxygen atoms in total. The second-order valence-electron chi connectivity index (χ2n) is 13.3. The van der Waals surface area contributed by atoms with E-state index in [2.05, 4.69) is 216 Å². The molecule has 0 spiro atoms. The van der Waals surface area contributed by atoms with Gasteiger partial charge in [0.15, 0.2) is 0 Å². The second kappa shape index (κ2) is 12.5. The Balaban J connectivity index is 1.35. The van der Waals surface area contributed by atoms with Crippen molar-refractivity contribution in [3.8, 4) is 11.1 Å². The largest absolute Gasteiger partial charge is 0.310 e. The van der Waals surface area contributed by atoms with Crippen molar-refractivity contribution in [2.24, 2.45) is 0 Å². The van der Waals surface area contributed by atoms with Crippen LogP contribution in [0, 0.1) is 0 Å². The number of nitrogens with zero attached hydrogens (tertiary/aromatic N) is 2. The molecule has 0 N–H and O–H groups in total. The number of rotatable bonds is 7. The molecule has 0 saturated heterocycles. The van der Waals surface area contributed by atoms with Crippen molar-refractivity contribution in [2.45, 2.75) is 0 Å². The summed E-state index contributed by atoms with van der Waals surface area (Å²) in [5, 5.41) is 9.94. The fourth-order valence-corrected chi connectivity index (χ4v) is 8.09. The lowest BCUT2D eigenvalue weighted by Crippen LogP contribution is -2.11. The Morgan fingerprint density at radius 2 is 0.712 bits per heavy atom. The van der Waals surface area contributed by atoms with E-state index in [1.807, 2.05) is 0 Å². The third-order valence-electron chi connectivity index (χ3n) is 10.4. The van der Waals surface area contributed by atoms with Crippen molar-refractivity contribution in [3.05, 3.63) is 206 Å². The second-order valence-corrected chi connectivity index (χ2v) is 13.3. The molecule has 0 aliphatic rings. The maximum absolute atomic E-state index is 2.42. The molecule has 52 heavy (non-hydrogen) atoms. The van der Waals surface area contributed by atoms with E-state index >= 15 is 0 Å². The van der Waals surface area contributed by atoms with Gasteiger partial charge in [0, 0.05) is 38.9 Å². The average Bonchev–Trinajstić information content (AvgIpc) is 3.22. The normalized spacial score (nSPS) is 11.5. The van der Waals surface area contributed by atoms with E-state index in [4.69, 9.17) is 0 Å². The van der Waals surface area contributed by atoms with Crippen molar-refractivity contribution >= 4 is 77.2 Å². The molecule has 244 valence electrons. The highest BCUT2D eigenvalue weighted by atomic mass is 15.1. The van der Waals surface area contributed by atoms with Crippen LogP contribution in [-0.4, -0.2) is 0 Å². The van der Waals surface area contributed by atoms with Crippen LogP contribution in [-0.2, 0) is 0 Å². The molecular formula is C50H34N2. The van der Waals surface area contributed by atoms with E-state index in [0.29, 0.717) is 0 Å². The summed E-state index contributed by atoms with van der Waals surface area (Å²) in [4.78, 5) is 4.81. The molecule has 10 aromatic rings. The van der Waals surface area contributed by atoms with Gasteiger partial charge in [0.25, 0.3) is 0 Å². The first kappa shape index (κ1) is 30.0. The van der Waals surface area contributed by atoms with E-state index < -0.39 is 0 Å². The molecule has 10 rings (SSSR count). The first-order chi connectivity index (χ1) is 25.8. The summed E-state index contributed by atoms with van der Waals surface area (Å²) in [6, 6.07) is 74.7. The number of para-hydroxylation sites is 4. The van der Waals surface area contributed by atoms with Crippen LogP contribution < -0.4 is 9.80 Å². The predicted molar refractivity (Wildman–Crippen MR) is 222 cm³/mol. The molecule has 0 amide bonds. The van der Waals surface area contributed by atoms with Gasteiger partial charge in [-0.3, -0.25) is 0 Å². The molecule has 0 atom stereocenters. The molecule has 0 unspecified atom stereocenters. The SMILES string of the molecule is c1ccc(N(c2ccccc2)c2ccc3ccc4c(N(c5ccccc5)c5ccccc5)cc(-c5cccc6ccccc56)c5ccc2c3c54)cc1. The van der Waals surface area contributed by atoms with Crippen molar-refractivity contribution in [1.82, 2.24) is 0 Å². The smallest absolute Gasteiger partial charge is 0.0546 e. The van der Waals surface area contributed by atoms with E-state index in [1.165, 1.54) is 54.2 Å². The van der Waals surface area contributed by atoms with Gasteiger partial charge in [0.05, 0.1) is 11.4 Å². The first-order valence-corrected chi connectivity index (χ1v) is 17.9. The summed E-state index contributed by atoms with van der Waals surface area (Å²) in [5.41, 5.74) is 9.24. The third kappa shape index (κ3) is 4.88. The van der Waals surface area contributed by atoms with Crippen molar-refractivity contribution in [3.63, 3.8) is 0 Å². The van der Waals surface area contributed by atoms with Crippen molar-refractivity contribution in [2.75, 3.05) is 9.80 Å². The highest BCUT2D eigenvalue weighted by molar-refractivity contribution is 6.31. The summed E-state index contributed by atoms with van der Waals surface area (Å²) in [7, 11) is 0. The van der Waals surface area contributed by atoms with Crippen LogP contribution in [0.15, 0.2) is 206 Å². The summed E-state index contributed by atoms with van der Waals surface area (Å²) in [6.07, 6.45) is 0. The van der Waals surface area contributed by atoms with Gasteiger partial charge in [-0.1, -0.05) is 146 Å². The molecular weight excluding hydrogens is 629 g/mol. The standard InChI is InChI=1S/C50H34N2/c1-5-18-37(19-6-1)51(38-20-7-2-8-21-38)47-33-29-36-28-30-45-48(52(39-22-9-3-10-23-39)40-24-11-4-12-25-40)34-46(43-31-32-44(47)49(36)50(43)45)42-27-15-17-35-16-13-14-26-41(35)42/h1-34H. The Labute approximate surface area is 303 Å². The lowest BCUT2D eigenvalue weighted by Gasteiger charge is -2.30. The first-order valence-electron chi connectivity index (χ1n) is 17.9. The molecule has 0 aliphatic heterocycles. The van der Waals surface area contributed by atoms with Crippen molar-refractivity contribution in [1.29, 1.82) is 0 Å². The minimum Gasteiger partial charge on any atom is -0.310 e. The zero-order valence-electron chi connectivity index (χ0n) is 28.5. The van der Waals surface area contributed by atoms with Crippen LogP contribution in [0.3, 0.4) is 0 Å². The van der Waals surface area contributed by atoms with E-state index in [-0.39, 0.29) is 0 Å². The van der Waals surface area contributed by atoms with Gasteiger partial charge in [-0.15, -0.1) is 0 Å². The Kier molecular flexibility index (Phi) is 7.18. The average molecular weight is 663 g/mol. The van der Waals surface area contributed by atoms with Gasteiger partial charge in [0.1, 0.15) is 0 Å². The highest BCUT2D eigenvalue weighted by Crippen LogP contribution is 2.50. The van der Waals surface area contributed by atoms with Crippen molar-refractivity contribution < 1.29 is 0 Å². The van der Waals surface area contributed by atoms with Crippen LogP contribution >= 0.6 is 0 Å². The maximum Gasteiger partial charge on any atom is 0.0546 e. The summed E-state index contributed by atoms with van der Waals surface area (Å²) in [6.45, 7) is 0. The zero-order valence-corrected chi connectivity index (χ0v) is 28.5.